The van der Waals surface area contributed by atoms with Crippen molar-refractivity contribution >= 4 is 0 Å². The van der Waals surface area contributed by atoms with E-state index in [1.54, 1.807) is 6.07 Å². The molecule has 2 fully saturated rings. The van der Waals surface area contributed by atoms with Crippen LogP contribution in [0.25, 0.3) is 0 Å². The van der Waals surface area contributed by atoms with Crippen LogP contribution < -0.4 is 10.1 Å². The zero-order valence-electron chi connectivity index (χ0n) is 9.73. The molecule has 1 N–H and O–H groups in total. The number of fused-ring (bicyclic) bond motifs is 1. The van der Waals surface area contributed by atoms with E-state index < -0.39 is 0 Å². The summed E-state index contributed by atoms with van der Waals surface area (Å²) in [5.41, 5.74) is 0. The third kappa shape index (κ3) is 2.42. The summed E-state index contributed by atoms with van der Waals surface area (Å²) in [6.07, 6.45) is 1.23. The molecule has 4 heteroatoms. The van der Waals surface area contributed by atoms with Crippen molar-refractivity contribution in [3.63, 3.8) is 0 Å². The molecular weight excluding hydrogens is 219 g/mol. The number of nitrogens with zero attached hydrogens (tertiary/aromatic N) is 1. The second-order valence-corrected chi connectivity index (χ2v) is 4.79. The summed E-state index contributed by atoms with van der Waals surface area (Å²) in [7, 11) is 0. The first-order valence-corrected chi connectivity index (χ1v) is 6.18. The first-order valence-electron chi connectivity index (χ1n) is 6.18. The third-order valence-electron chi connectivity index (χ3n) is 3.54. The van der Waals surface area contributed by atoms with Crippen LogP contribution in [0.15, 0.2) is 24.3 Å². The number of ether oxygens (including phenoxy) is 1. The summed E-state index contributed by atoms with van der Waals surface area (Å²) in [5, 5.41) is 3.39. The van der Waals surface area contributed by atoms with E-state index in [2.05, 4.69) is 10.2 Å². The van der Waals surface area contributed by atoms with Gasteiger partial charge in [-0.2, -0.15) is 0 Å². The molecule has 2 aliphatic heterocycles. The van der Waals surface area contributed by atoms with E-state index in [4.69, 9.17) is 4.74 Å². The molecule has 3 rings (SSSR count). The van der Waals surface area contributed by atoms with E-state index >= 15 is 0 Å². The molecule has 2 saturated heterocycles. The fourth-order valence-corrected chi connectivity index (χ4v) is 2.73. The van der Waals surface area contributed by atoms with Gasteiger partial charge in [0.15, 0.2) is 0 Å². The highest BCUT2D eigenvalue weighted by molar-refractivity contribution is 5.23. The molecule has 0 aliphatic carbocycles. The molecule has 1 aromatic rings. The number of hydrogen-bond donors (Lipinski definition) is 1. The fraction of sp³-hybridized carbons (Fsp3) is 0.538. The van der Waals surface area contributed by atoms with Gasteiger partial charge in [-0.3, -0.25) is 4.90 Å². The highest BCUT2D eigenvalue weighted by Gasteiger charge is 2.34. The smallest absolute Gasteiger partial charge is 0.126 e. The van der Waals surface area contributed by atoms with E-state index in [1.807, 2.05) is 6.07 Å². The number of benzene rings is 1. The Morgan fingerprint density at radius 2 is 2.35 bits per heavy atom. The maximum atomic E-state index is 13.0. The molecular formula is C13H17FN2O. The minimum Gasteiger partial charge on any atom is -0.489 e. The van der Waals surface area contributed by atoms with Gasteiger partial charge in [0, 0.05) is 44.7 Å². The Hall–Kier alpha value is -1.13. The monoisotopic (exact) mass is 236 g/mol. The van der Waals surface area contributed by atoms with Crippen LogP contribution >= 0.6 is 0 Å². The Morgan fingerprint density at radius 1 is 1.41 bits per heavy atom. The average Bonchev–Trinajstić information content (AvgIpc) is 2.71. The van der Waals surface area contributed by atoms with Gasteiger partial charge in [-0.1, -0.05) is 6.07 Å². The first kappa shape index (κ1) is 11.0. The van der Waals surface area contributed by atoms with Gasteiger partial charge in [-0.05, 0) is 12.1 Å². The van der Waals surface area contributed by atoms with E-state index in [0.717, 1.165) is 32.6 Å². The van der Waals surface area contributed by atoms with Gasteiger partial charge in [-0.25, -0.2) is 4.39 Å². The molecule has 2 atom stereocenters. The molecule has 0 radical (unpaired) electrons. The van der Waals surface area contributed by atoms with Crippen molar-refractivity contribution in [3.05, 3.63) is 30.1 Å². The Morgan fingerprint density at radius 3 is 3.18 bits per heavy atom. The van der Waals surface area contributed by atoms with Crippen LogP contribution in [0.3, 0.4) is 0 Å². The lowest BCUT2D eigenvalue weighted by atomic mass is 10.2. The van der Waals surface area contributed by atoms with Crippen LogP contribution in [0.2, 0.25) is 0 Å². The van der Waals surface area contributed by atoms with Gasteiger partial charge in [-0.15, -0.1) is 0 Å². The second-order valence-electron chi connectivity index (χ2n) is 4.79. The molecule has 92 valence electrons. The van der Waals surface area contributed by atoms with E-state index in [1.165, 1.54) is 12.1 Å². The van der Waals surface area contributed by atoms with E-state index in [0.29, 0.717) is 11.8 Å². The van der Waals surface area contributed by atoms with Crippen molar-refractivity contribution in [1.82, 2.24) is 10.2 Å². The molecule has 0 saturated carbocycles. The van der Waals surface area contributed by atoms with Crippen molar-refractivity contribution in [2.45, 2.75) is 18.6 Å². The van der Waals surface area contributed by atoms with E-state index in [9.17, 15) is 4.39 Å². The molecule has 2 aliphatic rings. The van der Waals surface area contributed by atoms with Crippen molar-refractivity contribution in [3.8, 4) is 5.75 Å². The number of halogens is 1. The van der Waals surface area contributed by atoms with Gasteiger partial charge in [0.05, 0.1) is 0 Å². The highest BCUT2D eigenvalue weighted by Crippen LogP contribution is 2.24. The molecule has 0 aromatic heterocycles. The molecule has 0 unspecified atom stereocenters. The second kappa shape index (κ2) is 4.63. The van der Waals surface area contributed by atoms with Crippen LogP contribution in [0.5, 0.6) is 5.75 Å². The summed E-state index contributed by atoms with van der Waals surface area (Å²) >= 11 is 0. The van der Waals surface area contributed by atoms with Crippen LogP contribution in [0.4, 0.5) is 4.39 Å². The number of nitrogens with one attached hydrogen (secondary N) is 1. The van der Waals surface area contributed by atoms with Crippen LogP contribution in [-0.4, -0.2) is 43.2 Å². The standard InChI is InChI=1S/C13H17FN2O/c14-10-2-1-3-12(6-10)17-13-7-11-8-15-4-5-16(11)9-13/h1-3,6,11,13,15H,4-5,7-9H2/t11-,13+/m0/s1. The maximum Gasteiger partial charge on any atom is 0.126 e. The number of hydrogen-bond acceptors (Lipinski definition) is 3. The normalized spacial score (nSPS) is 29.0. The average molecular weight is 236 g/mol. The quantitative estimate of drug-likeness (QED) is 0.836. The summed E-state index contributed by atoms with van der Waals surface area (Å²) in [5.74, 6) is 0.405. The van der Waals surface area contributed by atoms with Crippen LogP contribution in [-0.2, 0) is 0 Å². The maximum absolute atomic E-state index is 13.0. The molecule has 0 spiro atoms. The van der Waals surface area contributed by atoms with Crippen LogP contribution in [0.1, 0.15) is 6.42 Å². The largest absolute Gasteiger partial charge is 0.489 e. The highest BCUT2D eigenvalue weighted by atomic mass is 19.1. The number of piperazine rings is 1. The van der Waals surface area contributed by atoms with Gasteiger partial charge in [0.2, 0.25) is 0 Å². The molecule has 17 heavy (non-hydrogen) atoms. The Labute approximate surface area is 101 Å². The molecule has 0 bridgehead atoms. The zero-order chi connectivity index (χ0) is 11.7. The van der Waals surface area contributed by atoms with Gasteiger partial charge in [0.25, 0.3) is 0 Å². The lowest BCUT2D eigenvalue weighted by Gasteiger charge is -2.29. The zero-order valence-corrected chi connectivity index (χ0v) is 9.73. The first-order chi connectivity index (χ1) is 8.31. The summed E-state index contributed by atoms with van der Waals surface area (Å²) < 4.78 is 18.9. The SMILES string of the molecule is Fc1cccc(O[C@@H]2C[C@H]3CNCCN3C2)c1. The van der Waals surface area contributed by atoms with Gasteiger partial charge < -0.3 is 10.1 Å². The third-order valence-corrected chi connectivity index (χ3v) is 3.54. The minimum absolute atomic E-state index is 0.196. The molecule has 2 heterocycles. The van der Waals surface area contributed by atoms with Crippen molar-refractivity contribution in [1.29, 1.82) is 0 Å². The summed E-state index contributed by atoms with van der Waals surface area (Å²) in [6, 6.07) is 6.99. The van der Waals surface area contributed by atoms with Gasteiger partial charge in [0.1, 0.15) is 17.7 Å². The molecule has 0 amide bonds. The lowest BCUT2D eigenvalue weighted by molar-refractivity contribution is 0.186. The van der Waals surface area contributed by atoms with Crippen molar-refractivity contribution in [2.75, 3.05) is 26.2 Å². The summed E-state index contributed by atoms with van der Waals surface area (Å²) in [4.78, 5) is 2.46. The Balaban J connectivity index is 1.63. The predicted molar refractivity (Wildman–Crippen MR) is 63.7 cm³/mol. The topological polar surface area (TPSA) is 24.5 Å². The van der Waals surface area contributed by atoms with Crippen molar-refractivity contribution < 1.29 is 9.13 Å². The Bertz CT molecular complexity index is 385. The fourth-order valence-electron chi connectivity index (χ4n) is 2.73. The lowest BCUT2D eigenvalue weighted by Crippen LogP contribution is -2.47. The Kier molecular flexibility index (Phi) is 2.99. The number of rotatable bonds is 2. The predicted octanol–water partition coefficient (Wildman–Crippen LogP) is 1.25. The van der Waals surface area contributed by atoms with Crippen LogP contribution in [0, 0.1) is 5.82 Å². The molecule has 1 aromatic carbocycles. The van der Waals surface area contributed by atoms with E-state index in [-0.39, 0.29) is 11.9 Å². The molecule has 3 nitrogen and oxygen atoms in total. The minimum atomic E-state index is -0.236. The van der Waals surface area contributed by atoms with Gasteiger partial charge >= 0.3 is 0 Å². The van der Waals surface area contributed by atoms with Crippen molar-refractivity contribution in [2.24, 2.45) is 0 Å². The summed E-state index contributed by atoms with van der Waals surface area (Å²) in [6.45, 7) is 4.16.